The van der Waals surface area contributed by atoms with Crippen LogP contribution in [0.3, 0.4) is 0 Å². The molecular formula is C19H22N2O8. The van der Waals surface area contributed by atoms with Gasteiger partial charge in [-0.15, -0.1) is 6.42 Å². The first kappa shape index (κ1) is 22.3. The van der Waals surface area contributed by atoms with E-state index in [0.717, 1.165) is 18.2 Å². The van der Waals surface area contributed by atoms with Crippen molar-refractivity contribution >= 4 is 17.3 Å². The molecule has 5 atom stereocenters. The molecule has 0 aliphatic carbocycles. The number of benzene rings is 1. The number of aliphatic hydroxyl groups is 1. The number of hydrogen-bond donors (Lipinski definition) is 1. The number of esters is 1. The van der Waals surface area contributed by atoms with Gasteiger partial charge in [-0.1, -0.05) is 19.8 Å². The number of nitro groups is 2. The number of carbonyl (C=O) groups is 1. The van der Waals surface area contributed by atoms with Gasteiger partial charge in [0.05, 0.1) is 33.7 Å². The van der Waals surface area contributed by atoms with E-state index in [4.69, 9.17) is 15.9 Å². The number of epoxide rings is 1. The van der Waals surface area contributed by atoms with Crippen molar-refractivity contribution in [3.05, 3.63) is 44.0 Å². The standard InChI is InChI=1S/C19H22N2O8/c1-5-15(11(3)17-16(28-17)10-19(4,23)6-2)29-18(22)12-7-13(20(24)25)9-14(8-12)21(26)27/h2,7-9,11,15-17,23H,5,10H2,1,3-4H3/t11-,15+,16-,17-,19+/m1/s1. The number of carbonyl (C=O) groups excluding carboxylic acids is 1. The van der Waals surface area contributed by atoms with Crippen molar-refractivity contribution in [3.63, 3.8) is 0 Å². The van der Waals surface area contributed by atoms with Crippen LogP contribution in [0.5, 0.6) is 0 Å². The van der Waals surface area contributed by atoms with Gasteiger partial charge in [0.1, 0.15) is 11.7 Å². The monoisotopic (exact) mass is 406 g/mol. The van der Waals surface area contributed by atoms with Gasteiger partial charge in [0.2, 0.25) is 0 Å². The van der Waals surface area contributed by atoms with Gasteiger partial charge in [0.25, 0.3) is 11.4 Å². The SMILES string of the molecule is C#C[C@](C)(O)C[C@H]1O[C@@H]1[C@H](C)[C@H](CC)OC(=O)c1cc([N+](=O)[O-])cc([N+](=O)[O-])c1. The van der Waals surface area contributed by atoms with Gasteiger partial charge in [-0.25, -0.2) is 4.79 Å². The largest absolute Gasteiger partial charge is 0.458 e. The van der Waals surface area contributed by atoms with Crippen molar-refractivity contribution in [2.24, 2.45) is 5.92 Å². The van der Waals surface area contributed by atoms with Crippen LogP contribution in [0, 0.1) is 38.5 Å². The van der Waals surface area contributed by atoms with Gasteiger partial charge in [-0.3, -0.25) is 20.2 Å². The molecule has 0 unspecified atom stereocenters. The van der Waals surface area contributed by atoms with Gasteiger partial charge >= 0.3 is 5.97 Å². The maximum atomic E-state index is 12.5. The minimum atomic E-state index is -1.31. The van der Waals surface area contributed by atoms with Gasteiger partial charge in [-0.2, -0.15) is 0 Å². The highest BCUT2D eigenvalue weighted by molar-refractivity contribution is 5.91. The summed E-state index contributed by atoms with van der Waals surface area (Å²) < 4.78 is 11.0. The van der Waals surface area contributed by atoms with Crippen LogP contribution < -0.4 is 0 Å². The van der Waals surface area contributed by atoms with Crippen LogP contribution in [-0.2, 0) is 9.47 Å². The number of hydrogen-bond acceptors (Lipinski definition) is 8. The zero-order valence-electron chi connectivity index (χ0n) is 16.2. The highest BCUT2D eigenvalue weighted by Gasteiger charge is 2.48. The molecule has 1 aromatic carbocycles. The highest BCUT2D eigenvalue weighted by atomic mass is 16.6. The average molecular weight is 406 g/mol. The molecule has 0 bridgehead atoms. The van der Waals surface area contributed by atoms with Crippen molar-refractivity contribution in [1.29, 1.82) is 0 Å². The minimum absolute atomic E-state index is 0.236. The fraction of sp³-hybridized carbons (Fsp3) is 0.526. The van der Waals surface area contributed by atoms with Crippen LogP contribution in [0.4, 0.5) is 11.4 Å². The van der Waals surface area contributed by atoms with Gasteiger partial charge in [-0.05, 0) is 13.3 Å². The third-order valence-corrected chi connectivity index (χ3v) is 4.86. The molecule has 0 spiro atoms. The van der Waals surface area contributed by atoms with E-state index in [9.17, 15) is 30.1 Å². The summed E-state index contributed by atoms with van der Waals surface area (Å²) in [6.07, 6.45) is 4.80. The summed E-state index contributed by atoms with van der Waals surface area (Å²) in [6, 6.07) is 2.65. The third-order valence-electron chi connectivity index (χ3n) is 4.86. The molecule has 1 heterocycles. The Kier molecular flexibility index (Phi) is 6.56. The molecule has 29 heavy (non-hydrogen) atoms. The van der Waals surface area contributed by atoms with Crippen LogP contribution in [0.2, 0.25) is 0 Å². The predicted molar refractivity (Wildman–Crippen MR) is 101 cm³/mol. The molecule has 156 valence electrons. The lowest BCUT2D eigenvalue weighted by Crippen LogP contribution is -2.30. The lowest BCUT2D eigenvalue weighted by Gasteiger charge is -2.22. The maximum Gasteiger partial charge on any atom is 0.338 e. The van der Waals surface area contributed by atoms with Crippen LogP contribution in [0.1, 0.15) is 44.0 Å². The molecule has 0 aromatic heterocycles. The lowest BCUT2D eigenvalue weighted by molar-refractivity contribution is -0.394. The molecule has 1 aliphatic heterocycles. The smallest absolute Gasteiger partial charge is 0.338 e. The van der Waals surface area contributed by atoms with E-state index in [1.165, 1.54) is 6.92 Å². The van der Waals surface area contributed by atoms with E-state index in [-0.39, 0.29) is 30.1 Å². The Balaban J connectivity index is 2.11. The molecule has 10 nitrogen and oxygen atoms in total. The normalized spacial score (nSPS) is 21.9. The summed E-state index contributed by atoms with van der Waals surface area (Å²) in [5, 5.41) is 31.9. The van der Waals surface area contributed by atoms with E-state index in [1.54, 1.807) is 6.92 Å². The number of terminal acetylenes is 1. The molecule has 10 heteroatoms. The topological polar surface area (TPSA) is 145 Å². The fourth-order valence-electron chi connectivity index (χ4n) is 3.14. The highest BCUT2D eigenvalue weighted by Crippen LogP contribution is 2.38. The first-order chi connectivity index (χ1) is 13.5. The minimum Gasteiger partial charge on any atom is -0.458 e. The maximum absolute atomic E-state index is 12.5. The summed E-state index contributed by atoms with van der Waals surface area (Å²) in [5.41, 5.74) is -2.73. The van der Waals surface area contributed by atoms with E-state index < -0.39 is 38.9 Å². The average Bonchev–Trinajstić information content (AvgIpc) is 3.43. The predicted octanol–water partition coefficient (Wildman–Crippen LogP) is 2.62. The quantitative estimate of drug-likeness (QED) is 0.216. The van der Waals surface area contributed by atoms with Crippen LogP contribution in [-0.4, -0.2) is 44.8 Å². The van der Waals surface area contributed by atoms with Crippen molar-refractivity contribution in [1.82, 2.24) is 0 Å². The third kappa shape index (κ3) is 5.49. The van der Waals surface area contributed by atoms with Crippen molar-refractivity contribution in [3.8, 4) is 12.3 Å². The van der Waals surface area contributed by atoms with Crippen molar-refractivity contribution < 1.29 is 29.2 Å². The van der Waals surface area contributed by atoms with Gasteiger partial charge in [0.15, 0.2) is 0 Å². The number of non-ortho nitro benzene ring substituents is 2. The lowest BCUT2D eigenvalue weighted by atomic mass is 9.92. The Morgan fingerprint density at radius 3 is 2.34 bits per heavy atom. The summed E-state index contributed by atoms with van der Waals surface area (Å²) >= 11 is 0. The Morgan fingerprint density at radius 1 is 1.34 bits per heavy atom. The summed E-state index contributed by atoms with van der Waals surface area (Å²) in [5.74, 6) is 1.14. The van der Waals surface area contributed by atoms with E-state index >= 15 is 0 Å². The zero-order valence-corrected chi connectivity index (χ0v) is 16.2. The zero-order chi connectivity index (χ0) is 21.9. The number of nitro benzene ring substituents is 2. The number of ether oxygens (including phenoxy) is 2. The van der Waals surface area contributed by atoms with Crippen LogP contribution >= 0.6 is 0 Å². The second kappa shape index (κ2) is 8.55. The van der Waals surface area contributed by atoms with Crippen molar-refractivity contribution in [2.45, 2.75) is 57.5 Å². The Labute approximate surface area is 167 Å². The van der Waals surface area contributed by atoms with Gasteiger partial charge < -0.3 is 14.6 Å². The molecule has 0 saturated carbocycles. The molecule has 1 saturated heterocycles. The second-order valence-electron chi connectivity index (χ2n) is 7.22. The number of rotatable bonds is 9. The molecule has 1 aromatic rings. The number of nitrogens with zero attached hydrogens (tertiary/aromatic N) is 2. The molecule has 1 fully saturated rings. The molecule has 1 aliphatic rings. The summed E-state index contributed by atoms with van der Waals surface area (Å²) in [6.45, 7) is 5.11. The van der Waals surface area contributed by atoms with Crippen LogP contribution in [0.25, 0.3) is 0 Å². The molecule has 0 radical (unpaired) electrons. The second-order valence-corrected chi connectivity index (χ2v) is 7.22. The van der Waals surface area contributed by atoms with Crippen LogP contribution in [0.15, 0.2) is 18.2 Å². The Hall–Kier alpha value is -3.03. The molecule has 1 N–H and O–H groups in total. The van der Waals surface area contributed by atoms with E-state index in [1.807, 2.05) is 6.92 Å². The Bertz CT molecular complexity index is 828. The molecule has 0 amide bonds. The Morgan fingerprint density at radius 2 is 1.90 bits per heavy atom. The first-order valence-corrected chi connectivity index (χ1v) is 8.99. The fourth-order valence-corrected chi connectivity index (χ4v) is 3.14. The molecule has 2 rings (SSSR count). The van der Waals surface area contributed by atoms with Gasteiger partial charge in [0, 0.05) is 24.5 Å². The summed E-state index contributed by atoms with van der Waals surface area (Å²) in [4.78, 5) is 32.8. The first-order valence-electron chi connectivity index (χ1n) is 8.99. The van der Waals surface area contributed by atoms with E-state index in [0.29, 0.717) is 6.42 Å². The van der Waals surface area contributed by atoms with E-state index in [2.05, 4.69) is 5.92 Å². The summed E-state index contributed by atoms with van der Waals surface area (Å²) in [7, 11) is 0. The molecular weight excluding hydrogens is 384 g/mol. The van der Waals surface area contributed by atoms with Crippen molar-refractivity contribution in [2.75, 3.05) is 0 Å².